The largest absolute Gasteiger partial charge is 0.336 e. The van der Waals surface area contributed by atoms with E-state index in [4.69, 9.17) is 0 Å². The summed E-state index contributed by atoms with van der Waals surface area (Å²) in [5.41, 5.74) is 0. The maximum Gasteiger partial charge on any atom is 0.317 e. The molecule has 2 rings (SSSR count). The molecule has 0 aromatic rings. The van der Waals surface area contributed by atoms with Gasteiger partial charge in [0.05, 0.1) is 0 Å². The highest BCUT2D eigenvalue weighted by atomic mass is 79.9. The molecule has 2 heterocycles. The van der Waals surface area contributed by atoms with E-state index in [-0.39, 0.29) is 6.03 Å². The van der Waals surface area contributed by atoms with Crippen LogP contribution in [0.15, 0.2) is 11.1 Å². The Hall–Kier alpha value is -0.550. The summed E-state index contributed by atoms with van der Waals surface area (Å²) in [7, 11) is 0. The van der Waals surface area contributed by atoms with Gasteiger partial charge in [-0.3, -0.25) is 4.90 Å². The number of likely N-dealkylation sites (tertiary alicyclic amines) is 1. The number of nitrogens with zero attached hydrogens (tertiary/aromatic N) is 2. The lowest BCUT2D eigenvalue weighted by Gasteiger charge is -2.36. The lowest BCUT2D eigenvalue weighted by atomic mass is 10.0. The minimum atomic E-state index is 0.101. The third-order valence-electron chi connectivity index (χ3n) is 3.21. The first-order valence-corrected chi connectivity index (χ1v) is 6.56. The molecule has 90 valence electrons. The zero-order valence-electron chi connectivity index (χ0n) is 9.41. The molecule has 16 heavy (non-hydrogen) atoms. The molecule has 1 unspecified atom stereocenters. The summed E-state index contributed by atoms with van der Waals surface area (Å²) in [5, 5.41) is 2.86. The zero-order valence-corrected chi connectivity index (χ0v) is 11.0. The van der Waals surface area contributed by atoms with E-state index in [0.717, 1.165) is 50.0 Å². The van der Waals surface area contributed by atoms with Gasteiger partial charge in [0.2, 0.25) is 0 Å². The lowest BCUT2D eigenvalue weighted by molar-refractivity contribution is 0.134. The van der Waals surface area contributed by atoms with Crippen LogP contribution in [0.5, 0.6) is 0 Å². The van der Waals surface area contributed by atoms with Crippen molar-refractivity contribution < 1.29 is 4.79 Å². The second-order valence-electron chi connectivity index (χ2n) is 4.47. The van der Waals surface area contributed by atoms with Crippen molar-refractivity contribution in [3.8, 4) is 0 Å². The molecule has 0 bridgehead atoms. The van der Waals surface area contributed by atoms with Crippen molar-refractivity contribution in [3.63, 3.8) is 0 Å². The van der Waals surface area contributed by atoms with Crippen LogP contribution in [0.1, 0.15) is 12.8 Å². The van der Waals surface area contributed by atoms with Gasteiger partial charge in [0.25, 0.3) is 0 Å². The Kier molecular flexibility index (Phi) is 3.86. The number of carbonyl (C=O) groups is 1. The Morgan fingerprint density at radius 3 is 3.00 bits per heavy atom. The molecule has 5 heteroatoms. The van der Waals surface area contributed by atoms with Gasteiger partial charge in [0, 0.05) is 36.7 Å². The molecule has 0 aromatic heterocycles. The van der Waals surface area contributed by atoms with E-state index in [1.165, 1.54) is 0 Å². The predicted octanol–water partition coefficient (Wildman–Crippen LogP) is 1.38. The Bertz CT molecular complexity index is 295. The lowest BCUT2D eigenvalue weighted by Crippen LogP contribution is -2.49. The minimum absolute atomic E-state index is 0.101. The molecule has 0 saturated carbocycles. The fraction of sp³-hybridized carbons (Fsp3) is 0.727. The summed E-state index contributed by atoms with van der Waals surface area (Å²) in [4.78, 5) is 15.9. The van der Waals surface area contributed by atoms with E-state index < -0.39 is 0 Å². The van der Waals surface area contributed by atoms with Crippen molar-refractivity contribution in [2.45, 2.75) is 18.9 Å². The van der Waals surface area contributed by atoms with Crippen LogP contribution in [0.2, 0.25) is 0 Å². The average molecular weight is 288 g/mol. The maximum absolute atomic E-state index is 11.6. The van der Waals surface area contributed by atoms with Crippen LogP contribution in [0.25, 0.3) is 0 Å². The first-order chi connectivity index (χ1) is 7.66. The first kappa shape index (κ1) is 11.9. The molecule has 2 aliphatic rings. The maximum atomic E-state index is 11.6. The third kappa shape index (κ3) is 2.77. The summed E-state index contributed by atoms with van der Waals surface area (Å²) in [5.74, 6) is 0. The second kappa shape index (κ2) is 5.19. The smallest absolute Gasteiger partial charge is 0.317 e. The van der Waals surface area contributed by atoms with Crippen molar-refractivity contribution in [1.82, 2.24) is 15.1 Å². The summed E-state index contributed by atoms with van der Waals surface area (Å²) in [6.07, 6.45) is 2.29. The summed E-state index contributed by atoms with van der Waals surface area (Å²) in [6.45, 7) is 8.47. The first-order valence-electron chi connectivity index (χ1n) is 5.77. The van der Waals surface area contributed by atoms with Crippen LogP contribution in [0, 0.1) is 0 Å². The van der Waals surface area contributed by atoms with Gasteiger partial charge < -0.3 is 10.2 Å². The molecular formula is C11H18BrN3O. The Morgan fingerprint density at radius 2 is 2.38 bits per heavy atom. The highest BCUT2D eigenvalue weighted by Gasteiger charge is 2.31. The molecule has 0 spiro atoms. The number of hydrogen-bond donors (Lipinski definition) is 1. The second-order valence-corrected chi connectivity index (χ2v) is 5.60. The molecule has 4 nitrogen and oxygen atoms in total. The van der Waals surface area contributed by atoms with Gasteiger partial charge >= 0.3 is 6.03 Å². The van der Waals surface area contributed by atoms with Crippen molar-refractivity contribution in [1.29, 1.82) is 0 Å². The quantitative estimate of drug-likeness (QED) is 0.851. The zero-order chi connectivity index (χ0) is 11.5. The highest BCUT2D eigenvalue weighted by molar-refractivity contribution is 9.11. The van der Waals surface area contributed by atoms with Crippen LogP contribution in [-0.4, -0.2) is 54.6 Å². The van der Waals surface area contributed by atoms with E-state index in [9.17, 15) is 4.79 Å². The third-order valence-corrected chi connectivity index (χ3v) is 3.46. The standard InChI is InChI=1S/C11H18BrN3O/c1-9(12)7-14-5-2-3-10(8-14)15-6-4-13-11(15)16/h10H,1-8H2,(H,13,16). The summed E-state index contributed by atoms with van der Waals surface area (Å²) < 4.78 is 1.01. The van der Waals surface area contributed by atoms with Crippen molar-refractivity contribution >= 4 is 22.0 Å². The van der Waals surface area contributed by atoms with E-state index in [1.54, 1.807) is 0 Å². The molecule has 2 saturated heterocycles. The summed E-state index contributed by atoms with van der Waals surface area (Å²) in [6, 6.07) is 0.479. The molecule has 2 aliphatic heterocycles. The Balaban J connectivity index is 1.90. The van der Waals surface area contributed by atoms with Crippen LogP contribution in [0.3, 0.4) is 0 Å². The van der Waals surface area contributed by atoms with E-state index in [0.29, 0.717) is 6.04 Å². The number of nitrogens with one attached hydrogen (secondary N) is 1. The summed E-state index contributed by atoms with van der Waals surface area (Å²) >= 11 is 3.40. The molecule has 1 N–H and O–H groups in total. The molecular weight excluding hydrogens is 270 g/mol. The predicted molar refractivity (Wildman–Crippen MR) is 67.6 cm³/mol. The molecule has 1 atom stereocenters. The van der Waals surface area contributed by atoms with Crippen LogP contribution in [-0.2, 0) is 0 Å². The molecule has 2 amide bonds. The molecule has 2 fully saturated rings. The van der Waals surface area contributed by atoms with Crippen molar-refractivity contribution in [2.24, 2.45) is 0 Å². The van der Waals surface area contributed by atoms with Crippen LogP contribution < -0.4 is 5.32 Å². The topological polar surface area (TPSA) is 35.6 Å². The van der Waals surface area contributed by atoms with Gasteiger partial charge in [0.15, 0.2) is 0 Å². The highest BCUT2D eigenvalue weighted by Crippen LogP contribution is 2.19. The van der Waals surface area contributed by atoms with Crippen LogP contribution >= 0.6 is 15.9 Å². The normalized spacial score (nSPS) is 26.9. The van der Waals surface area contributed by atoms with E-state index in [1.807, 2.05) is 4.90 Å². The van der Waals surface area contributed by atoms with Gasteiger partial charge in [-0.05, 0) is 19.4 Å². The van der Waals surface area contributed by atoms with E-state index in [2.05, 4.69) is 32.7 Å². The number of urea groups is 1. The SMILES string of the molecule is C=C(Br)CN1CCCC(N2CCNC2=O)C1. The van der Waals surface area contributed by atoms with Gasteiger partial charge in [-0.1, -0.05) is 22.5 Å². The van der Waals surface area contributed by atoms with Crippen molar-refractivity contribution in [3.05, 3.63) is 11.1 Å². The van der Waals surface area contributed by atoms with Gasteiger partial charge in [-0.15, -0.1) is 0 Å². The fourth-order valence-corrected chi connectivity index (χ4v) is 2.86. The van der Waals surface area contributed by atoms with Gasteiger partial charge in [0.1, 0.15) is 0 Å². The number of carbonyl (C=O) groups excluding carboxylic acids is 1. The molecule has 0 aliphatic carbocycles. The Labute approximate surface area is 105 Å². The average Bonchev–Trinajstić information content (AvgIpc) is 2.64. The van der Waals surface area contributed by atoms with Gasteiger partial charge in [-0.2, -0.15) is 0 Å². The van der Waals surface area contributed by atoms with Gasteiger partial charge in [-0.25, -0.2) is 4.79 Å². The molecule has 0 aromatic carbocycles. The Morgan fingerprint density at radius 1 is 1.56 bits per heavy atom. The monoisotopic (exact) mass is 287 g/mol. The number of halogens is 1. The van der Waals surface area contributed by atoms with Crippen LogP contribution in [0.4, 0.5) is 4.79 Å². The number of amides is 2. The minimum Gasteiger partial charge on any atom is -0.336 e. The van der Waals surface area contributed by atoms with E-state index >= 15 is 0 Å². The van der Waals surface area contributed by atoms with Crippen molar-refractivity contribution in [2.75, 3.05) is 32.7 Å². The number of hydrogen-bond acceptors (Lipinski definition) is 2. The molecule has 0 radical (unpaired) electrons. The number of rotatable bonds is 3. The fourth-order valence-electron chi connectivity index (χ4n) is 2.51. The number of piperidine rings is 1.